The number of hydrogen-bond acceptors (Lipinski definition) is 11. The standard InChI is InChI=1S/C26H25IO11/c1-9-19(30)24(35)18(27)25(37-9)38-13-7-26(36,14(29)8-28)6-12-15(13)23(34)17-16(22(12)33)20(31)10-4-2-3-5-11(10)21(17)32/h2-5,9,13,18-19,24-25,28,30,33-36H,6-8H2,1H3/t9-,13-,18+,19-,24-,25-,26-/m0/s1. The number of ether oxygens (including phenoxy) is 2. The number of carbonyl (C=O) groups excluding carboxylic acids is 3. The quantitative estimate of drug-likeness (QED) is 0.132. The van der Waals surface area contributed by atoms with Gasteiger partial charge in [-0.2, -0.15) is 0 Å². The van der Waals surface area contributed by atoms with Gasteiger partial charge in [-0.3, -0.25) is 14.4 Å². The second-order valence-corrected chi connectivity index (χ2v) is 11.2. The van der Waals surface area contributed by atoms with Gasteiger partial charge in [-0.05, 0) is 6.92 Å². The number of aliphatic hydroxyl groups excluding tert-OH is 3. The van der Waals surface area contributed by atoms with Crippen LogP contribution in [0, 0.1) is 0 Å². The van der Waals surface area contributed by atoms with Gasteiger partial charge in [0.2, 0.25) is 0 Å². The molecule has 11 nitrogen and oxygen atoms in total. The number of carbonyl (C=O) groups is 3. The van der Waals surface area contributed by atoms with Crippen molar-refractivity contribution < 1.29 is 54.5 Å². The predicted molar refractivity (Wildman–Crippen MR) is 136 cm³/mol. The molecule has 3 aliphatic rings. The minimum atomic E-state index is -2.26. The van der Waals surface area contributed by atoms with Gasteiger partial charge in [0.05, 0.1) is 33.4 Å². The Morgan fingerprint density at radius 3 is 2.24 bits per heavy atom. The highest BCUT2D eigenvalue weighted by Gasteiger charge is 2.51. The van der Waals surface area contributed by atoms with Crippen LogP contribution in [0.3, 0.4) is 0 Å². The zero-order valence-electron chi connectivity index (χ0n) is 20.0. The smallest absolute Gasteiger partial charge is 0.198 e. The largest absolute Gasteiger partial charge is 0.507 e. The molecule has 5 rings (SSSR count). The van der Waals surface area contributed by atoms with Gasteiger partial charge in [-0.15, -0.1) is 0 Å². The molecule has 38 heavy (non-hydrogen) atoms. The Balaban J connectivity index is 1.68. The van der Waals surface area contributed by atoms with E-state index in [9.17, 15) is 45.0 Å². The first-order valence-corrected chi connectivity index (χ1v) is 13.1. The van der Waals surface area contributed by atoms with Crippen LogP contribution in [0.1, 0.15) is 62.4 Å². The number of phenolic OH excluding ortho intramolecular Hbond substituents is 2. The van der Waals surface area contributed by atoms with E-state index in [1.165, 1.54) is 19.1 Å². The Morgan fingerprint density at radius 1 is 1.08 bits per heavy atom. The number of aliphatic hydroxyl groups is 4. The van der Waals surface area contributed by atoms with Crippen LogP contribution in [-0.4, -0.2) is 88.7 Å². The summed E-state index contributed by atoms with van der Waals surface area (Å²) >= 11 is 1.81. The molecule has 0 unspecified atom stereocenters. The van der Waals surface area contributed by atoms with Crippen molar-refractivity contribution in [2.75, 3.05) is 6.61 Å². The lowest BCUT2D eigenvalue weighted by atomic mass is 9.72. The maximum Gasteiger partial charge on any atom is 0.198 e. The highest BCUT2D eigenvalue weighted by Crippen LogP contribution is 2.52. The lowest BCUT2D eigenvalue weighted by Gasteiger charge is -2.43. The van der Waals surface area contributed by atoms with Crippen molar-refractivity contribution in [3.05, 3.63) is 57.6 Å². The molecule has 202 valence electrons. The van der Waals surface area contributed by atoms with Gasteiger partial charge < -0.3 is 40.1 Å². The van der Waals surface area contributed by atoms with Gasteiger partial charge in [0.15, 0.2) is 23.6 Å². The van der Waals surface area contributed by atoms with Crippen LogP contribution in [0.15, 0.2) is 24.3 Å². The first-order chi connectivity index (χ1) is 17.9. The molecular formula is C26H25IO11. The van der Waals surface area contributed by atoms with Gasteiger partial charge in [0.25, 0.3) is 0 Å². The predicted octanol–water partition coefficient (Wildman–Crippen LogP) is 0.440. The van der Waals surface area contributed by atoms with Crippen molar-refractivity contribution >= 4 is 39.9 Å². The molecule has 1 saturated heterocycles. The number of alkyl halides is 1. The zero-order chi connectivity index (χ0) is 27.7. The minimum Gasteiger partial charge on any atom is -0.507 e. The SMILES string of the molecule is C[C@@H]1O[C@@H](O[C@H]2C[C@](O)(C(=O)CO)Cc3c(O)c4c(c(O)c32)C(=O)c2ccccc2C4=O)[C@H](I)[C@H](O)[C@H]1O. The van der Waals surface area contributed by atoms with E-state index in [0.29, 0.717) is 0 Å². The molecule has 2 aromatic carbocycles. The monoisotopic (exact) mass is 640 g/mol. The number of ketones is 3. The molecule has 1 fully saturated rings. The fourth-order valence-electron chi connectivity index (χ4n) is 5.42. The molecule has 2 aromatic rings. The van der Waals surface area contributed by atoms with E-state index in [-0.39, 0.29) is 22.3 Å². The third kappa shape index (κ3) is 3.97. The van der Waals surface area contributed by atoms with E-state index in [2.05, 4.69) is 0 Å². The summed E-state index contributed by atoms with van der Waals surface area (Å²) in [6, 6.07) is 5.93. The highest BCUT2D eigenvalue weighted by atomic mass is 127. The number of fused-ring (bicyclic) bond motifs is 3. The number of halogens is 1. The van der Waals surface area contributed by atoms with E-state index in [1.807, 2.05) is 22.6 Å². The van der Waals surface area contributed by atoms with Crippen LogP contribution in [0.25, 0.3) is 0 Å². The van der Waals surface area contributed by atoms with E-state index in [0.717, 1.165) is 0 Å². The van der Waals surface area contributed by atoms with E-state index in [1.54, 1.807) is 12.1 Å². The van der Waals surface area contributed by atoms with Crippen LogP contribution in [-0.2, 0) is 20.7 Å². The normalized spacial score (nSPS) is 32.4. The lowest BCUT2D eigenvalue weighted by molar-refractivity contribution is -0.259. The number of hydrogen-bond donors (Lipinski definition) is 6. The summed E-state index contributed by atoms with van der Waals surface area (Å²) in [5.74, 6) is -3.76. The molecule has 0 bridgehead atoms. The molecule has 1 heterocycles. The van der Waals surface area contributed by atoms with Gasteiger partial charge in [0.1, 0.15) is 29.8 Å². The van der Waals surface area contributed by atoms with Gasteiger partial charge in [0, 0.05) is 35.1 Å². The summed E-state index contributed by atoms with van der Waals surface area (Å²) in [7, 11) is 0. The molecule has 0 aromatic heterocycles. The molecule has 6 N–H and O–H groups in total. The molecule has 1 aliphatic heterocycles. The van der Waals surface area contributed by atoms with Crippen molar-refractivity contribution in [1.82, 2.24) is 0 Å². The van der Waals surface area contributed by atoms with Crippen molar-refractivity contribution in [2.45, 2.75) is 60.0 Å². The van der Waals surface area contributed by atoms with Crippen LogP contribution in [0.2, 0.25) is 0 Å². The Bertz CT molecular complexity index is 1360. The van der Waals surface area contributed by atoms with Crippen molar-refractivity contribution in [1.29, 1.82) is 0 Å². The summed E-state index contributed by atoms with van der Waals surface area (Å²) in [6.07, 6.45) is -6.99. The van der Waals surface area contributed by atoms with Crippen molar-refractivity contribution in [2.24, 2.45) is 0 Å². The molecule has 0 radical (unpaired) electrons. The van der Waals surface area contributed by atoms with Gasteiger partial charge >= 0.3 is 0 Å². The average molecular weight is 640 g/mol. The fourth-order valence-corrected chi connectivity index (χ4v) is 6.19. The Labute approximate surface area is 229 Å². The first kappa shape index (κ1) is 27.1. The van der Waals surface area contributed by atoms with Crippen LogP contribution in [0.4, 0.5) is 0 Å². The Morgan fingerprint density at radius 2 is 1.66 bits per heavy atom. The average Bonchev–Trinajstić information content (AvgIpc) is 2.90. The number of rotatable bonds is 4. The summed E-state index contributed by atoms with van der Waals surface area (Å²) < 4.78 is 10.9. The Hall–Kier alpha value is -2.46. The van der Waals surface area contributed by atoms with Crippen molar-refractivity contribution in [3.63, 3.8) is 0 Å². The third-order valence-corrected chi connectivity index (χ3v) is 8.83. The number of aromatic hydroxyl groups is 2. The van der Waals surface area contributed by atoms with E-state index >= 15 is 0 Å². The molecule has 7 atom stereocenters. The maximum atomic E-state index is 13.4. The third-order valence-electron chi connectivity index (χ3n) is 7.50. The minimum absolute atomic E-state index is 0.0230. The van der Waals surface area contributed by atoms with Crippen LogP contribution in [0.5, 0.6) is 11.5 Å². The Kier molecular flexibility index (Phi) is 6.87. The number of phenols is 2. The summed E-state index contributed by atoms with van der Waals surface area (Å²) in [6.45, 7) is 0.479. The summed E-state index contributed by atoms with van der Waals surface area (Å²) in [4.78, 5) is 39.3. The molecule has 0 amide bonds. The van der Waals surface area contributed by atoms with Crippen LogP contribution < -0.4 is 0 Å². The second-order valence-electron chi connectivity index (χ2n) is 9.80. The summed E-state index contributed by atoms with van der Waals surface area (Å²) in [5, 5.41) is 64.0. The lowest BCUT2D eigenvalue weighted by Crippen LogP contribution is -2.55. The second kappa shape index (κ2) is 9.62. The highest BCUT2D eigenvalue weighted by molar-refractivity contribution is 14.1. The van der Waals surface area contributed by atoms with E-state index < -0.39 is 99.7 Å². The van der Waals surface area contributed by atoms with Gasteiger partial charge in [-0.25, -0.2) is 0 Å². The molecule has 0 spiro atoms. The molecule has 2 aliphatic carbocycles. The molecule has 0 saturated carbocycles. The topological polar surface area (TPSA) is 191 Å². The van der Waals surface area contributed by atoms with E-state index in [4.69, 9.17) is 9.47 Å². The number of Topliss-reactive ketones (excluding diaryl/α,β-unsaturated/α-hetero) is 1. The zero-order valence-corrected chi connectivity index (χ0v) is 22.2. The maximum absolute atomic E-state index is 13.4. The van der Waals surface area contributed by atoms with Gasteiger partial charge in [-0.1, -0.05) is 46.9 Å². The number of benzene rings is 2. The fraction of sp³-hybridized carbons (Fsp3) is 0.423. The molecule has 12 heteroatoms. The van der Waals surface area contributed by atoms with Crippen molar-refractivity contribution in [3.8, 4) is 11.5 Å². The van der Waals surface area contributed by atoms with Crippen LogP contribution >= 0.6 is 22.6 Å². The molecular weight excluding hydrogens is 615 g/mol. The summed E-state index contributed by atoms with van der Waals surface area (Å²) in [5.41, 5.74) is -3.42. The first-order valence-electron chi connectivity index (χ1n) is 11.9.